The van der Waals surface area contributed by atoms with E-state index in [9.17, 15) is 9.90 Å². The number of hydrogen-bond acceptors (Lipinski definition) is 6. The Kier molecular flexibility index (Phi) is 6.62. The fourth-order valence-electron chi connectivity index (χ4n) is 4.05. The van der Waals surface area contributed by atoms with Gasteiger partial charge in [0.25, 0.3) is 5.56 Å². The summed E-state index contributed by atoms with van der Waals surface area (Å²) in [4.78, 5) is 17.0. The van der Waals surface area contributed by atoms with Gasteiger partial charge < -0.3 is 24.0 Å². The van der Waals surface area contributed by atoms with E-state index < -0.39 is 0 Å². The number of aromatic nitrogens is 1. The third kappa shape index (κ3) is 4.32. The minimum absolute atomic E-state index is 0.0227. The molecular weight excluding hydrogens is 370 g/mol. The molecule has 2 heterocycles. The van der Waals surface area contributed by atoms with Gasteiger partial charge in [0.1, 0.15) is 11.5 Å². The molecule has 2 aromatic rings. The number of hydrogen-bond donors (Lipinski definition) is 1. The van der Waals surface area contributed by atoms with Gasteiger partial charge in [0.2, 0.25) is 0 Å². The maximum atomic E-state index is 12.8. The van der Waals surface area contributed by atoms with Gasteiger partial charge in [0.15, 0.2) is 0 Å². The fourth-order valence-corrected chi connectivity index (χ4v) is 4.05. The highest BCUT2D eigenvalue weighted by molar-refractivity contribution is 5.72. The molecule has 0 unspecified atom stereocenters. The van der Waals surface area contributed by atoms with Gasteiger partial charge in [0.05, 0.1) is 26.4 Å². The lowest BCUT2D eigenvalue weighted by Gasteiger charge is -2.29. The molecule has 158 valence electrons. The quantitative estimate of drug-likeness (QED) is 0.758. The Morgan fingerprint density at radius 2 is 1.79 bits per heavy atom. The molecule has 0 saturated carbocycles. The molecule has 0 spiro atoms. The first-order valence-electron chi connectivity index (χ1n) is 9.84. The van der Waals surface area contributed by atoms with Crippen LogP contribution in [-0.4, -0.2) is 67.5 Å². The molecule has 1 aromatic heterocycles. The number of benzene rings is 1. The first kappa shape index (κ1) is 21.4. The van der Waals surface area contributed by atoms with Crippen molar-refractivity contribution in [2.24, 2.45) is 7.05 Å². The molecule has 0 bridgehead atoms. The van der Waals surface area contributed by atoms with Crippen LogP contribution >= 0.6 is 0 Å². The lowest BCUT2D eigenvalue weighted by molar-refractivity contribution is 0.183. The van der Waals surface area contributed by atoms with Gasteiger partial charge in [-0.3, -0.25) is 9.69 Å². The number of aliphatic hydroxyl groups is 1. The Morgan fingerprint density at radius 3 is 2.34 bits per heavy atom. The Labute approximate surface area is 172 Å². The summed E-state index contributed by atoms with van der Waals surface area (Å²) in [6.07, 6.45) is 2.67. The predicted molar refractivity (Wildman–Crippen MR) is 114 cm³/mol. The van der Waals surface area contributed by atoms with Crippen molar-refractivity contribution in [3.8, 4) is 22.6 Å². The number of methoxy groups -OCH3 is 2. The molecule has 29 heavy (non-hydrogen) atoms. The van der Waals surface area contributed by atoms with Crippen molar-refractivity contribution in [3.63, 3.8) is 0 Å². The molecule has 0 fully saturated rings. The normalized spacial score (nSPS) is 14.2. The van der Waals surface area contributed by atoms with Crippen LogP contribution < -0.4 is 15.0 Å². The molecule has 1 aliphatic heterocycles. The van der Waals surface area contributed by atoms with E-state index in [0.717, 1.165) is 52.3 Å². The summed E-state index contributed by atoms with van der Waals surface area (Å²) >= 11 is 0. The first-order valence-corrected chi connectivity index (χ1v) is 9.84. The number of aryl methyl sites for hydroxylation is 1. The molecule has 1 aliphatic rings. The first-order chi connectivity index (χ1) is 13.9. The van der Waals surface area contributed by atoms with Gasteiger partial charge in [-0.25, -0.2) is 0 Å². The third-order valence-corrected chi connectivity index (χ3v) is 5.46. The number of ether oxygens (including phenoxy) is 2. The van der Waals surface area contributed by atoms with Crippen molar-refractivity contribution in [1.29, 1.82) is 0 Å². The Morgan fingerprint density at radius 1 is 1.14 bits per heavy atom. The molecule has 0 atom stereocenters. The summed E-state index contributed by atoms with van der Waals surface area (Å²) < 4.78 is 13.0. The second-order valence-electron chi connectivity index (χ2n) is 7.76. The predicted octanol–water partition coefficient (Wildman–Crippen LogP) is 1.48. The molecular formula is C22H31N3O4. The molecule has 3 rings (SSSR count). The zero-order valence-corrected chi connectivity index (χ0v) is 18.0. The van der Waals surface area contributed by atoms with E-state index in [2.05, 4.69) is 9.80 Å². The molecule has 1 aromatic carbocycles. The van der Waals surface area contributed by atoms with Crippen LogP contribution in [-0.2, 0) is 26.6 Å². The molecule has 0 aliphatic carbocycles. The topological polar surface area (TPSA) is 67.2 Å². The van der Waals surface area contributed by atoms with E-state index in [4.69, 9.17) is 9.47 Å². The van der Waals surface area contributed by atoms with Gasteiger partial charge in [0, 0.05) is 50.6 Å². The van der Waals surface area contributed by atoms with E-state index >= 15 is 0 Å². The van der Waals surface area contributed by atoms with Crippen molar-refractivity contribution >= 4 is 0 Å². The van der Waals surface area contributed by atoms with Gasteiger partial charge >= 0.3 is 0 Å². The second-order valence-corrected chi connectivity index (χ2v) is 7.76. The minimum Gasteiger partial charge on any atom is -0.496 e. The number of pyridine rings is 1. The molecule has 0 radical (unpaired) electrons. The van der Waals surface area contributed by atoms with Gasteiger partial charge in [-0.05, 0) is 43.8 Å². The minimum atomic E-state index is 0.0227. The van der Waals surface area contributed by atoms with Crippen molar-refractivity contribution < 1.29 is 14.6 Å². The van der Waals surface area contributed by atoms with Crippen LogP contribution in [0.4, 0.5) is 0 Å². The smallest absolute Gasteiger partial charge is 0.255 e. The highest BCUT2D eigenvalue weighted by atomic mass is 16.5. The maximum Gasteiger partial charge on any atom is 0.255 e. The highest BCUT2D eigenvalue weighted by Crippen LogP contribution is 2.37. The number of fused-ring (bicyclic) bond motifs is 1. The molecule has 0 amide bonds. The molecule has 0 saturated heterocycles. The lowest BCUT2D eigenvalue weighted by Crippen LogP contribution is -2.38. The van der Waals surface area contributed by atoms with Crippen molar-refractivity contribution in [2.45, 2.75) is 19.5 Å². The summed E-state index contributed by atoms with van der Waals surface area (Å²) in [7, 11) is 9.13. The van der Waals surface area contributed by atoms with Crippen molar-refractivity contribution in [1.82, 2.24) is 14.4 Å². The maximum absolute atomic E-state index is 12.8. The average molecular weight is 402 g/mol. The van der Waals surface area contributed by atoms with Gasteiger partial charge in [-0.15, -0.1) is 0 Å². The average Bonchev–Trinajstić information content (AvgIpc) is 2.70. The van der Waals surface area contributed by atoms with E-state index in [-0.39, 0.29) is 12.2 Å². The van der Waals surface area contributed by atoms with Crippen LogP contribution in [0.1, 0.15) is 16.7 Å². The van der Waals surface area contributed by atoms with E-state index in [1.807, 2.05) is 32.4 Å². The standard InChI is InChI=1S/C22H31N3O4/c1-23(2)12-19-20(28-4)10-15(11-21(19)29-5)17-13-24(3)22(27)18-14-25(8-9-26)7-6-16(17)18/h10-11,13,26H,6-9,12,14H2,1-5H3. The Bertz CT molecular complexity index is 911. The third-order valence-electron chi connectivity index (χ3n) is 5.46. The zero-order valence-electron chi connectivity index (χ0n) is 18.0. The number of β-amino-alcohol motifs (C(OH)–C–C–N with tert-alkyl or cyclic N) is 1. The second kappa shape index (κ2) is 8.98. The number of rotatable bonds is 7. The van der Waals surface area contributed by atoms with Crippen molar-refractivity contribution in [2.75, 3.05) is 48.0 Å². The zero-order chi connectivity index (χ0) is 21.1. The Balaban J connectivity index is 2.15. The molecule has 7 nitrogen and oxygen atoms in total. The number of aliphatic hydroxyl groups excluding tert-OH is 1. The fraction of sp³-hybridized carbons (Fsp3) is 0.500. The van der Waals surface area contributed by atoms with Crippen LogP contribution in [0.3, 0.4) is 0 Å². The molecule has 7 heteroatoms. The highest BCUT2D eigenvalue weighted by Gasteiger charge is 2.24. The Hall–Kier alpha value is -2.35. The van der Waals surface area contributed by atoms with E-state index in [0.29, 0.717) is 19.6 Å². The van der Waals surface area contributed by atoms with Crippen LogP contribution in [0.5, 0.6) is 11.5 Å². The van der Waals surface area contributed by atoms with Gasteiger partial charge in [-0.2, -0.15) is 0 Å². The van der Waals surface area contributed by atoms with Crippen LogP contribution in [0.15, 0.2) is 23.1 Å². The van der Waals surface area contributed by atoms with E-state index in [1.54, 1.807) is 25.8 Å². The molecule has 1 N–H and O–H groups in total. The summed E-state index contributed by atoms with van der Waals surface area (Å²) in [5.74, 6) is 1.54. The van der Waals surface area contributed by atoms with Crippen molar-refractivity contribution in [3.05, 3.63) is 45.4 Å². The summed E-state index contributed by atoms with van der Waals surface area (Å²) in [5.41, 5.74) is 4.90. The number of nitrogens with zero attached hydrogens (tertiary/aromatic N) is 3. The van der Waals surface area contributed by atoms with Crippen LogP contribution in [0.25, 0.3) is 11.1 Å². The summed E-state index contributed by atoms with van der Waals surface area (Å²) in [5, 5.41) is 9.27. The largest absolute Gasteiger partial charge is 0.496 e. The van der Waals surface area contributed by atoms with Gasteiger partial charge in [-0.1, -0.05) is 0 Å². The monoisotopic (exact) mass is 401 g/mol. The SMILES string of the molecule is COc1cc(-c2cn(C)c(=O)c3c2CCN(CCO)C3)cc(OC)c1CN(C)C. The van der Waals surface area contributed by atoms with Crippen LogP contribution in [0, 0.1) is 0 Å². The van der Waals surface area contributed by atoms with E-state index in [1.165, 1.54) is 0 Å². The van der Waals surface area contributed by atoms with Crippen LogP contribution in [0.2, 0.25) is 0 Å². The lowest BCUT2D eigenvalue weighted by atomic mass is 9.91. The summed E-state index contributed by atoms with van der Waals surface area (Å²) in [6.45, 7) is 2.75. The summed E-state index contributed by atoms with van der Waals surface area (Å²) in [6, 6.07) is 4.06.